The molecule has 0 bridgehead atoms. The van der Waals surface area contributed by atoms with Crippen molar-refractivity contribution in [2.45, 2.75) is 93.8 Å². The van der Waals surface area contributed by atoms with Crippen molar-refractivity contribution in [3.8, 4) is 50.2 Å². The fourth-order valence-corrected chi connectivity index (χ4v) is 15.8. The van der Waals surface area contributed by atoms with Crippen LogP contribution >= 0.6 is 11.8 Å². The van der Waals surface area contributed by atoms with Crippen molar-refractivity contribution in [2.75, 3.05) is 4.90 Å². The fourth-order valence-electron chi connectivity index (χ4n) is 14.6. The van der Waals surface area contributed by atoms with E-state index in [4.69, 9.17) is 8.22 Å². The second-order valence-corrected chi connectivity index (χ2v) is 28.4. The van der Waals surface area contributed by atoms with Crippen LogP contribution in [0.3, 0.4) is 0 Å². The molecule has 3 aliphatic rings. The second kappa shape index (κ2) is 20.4. The van der Waals surface area contributed by atoms with E-state index in [0.29, 0.717) is 16.8 Å². The highest BCUT2D eigenvalue weighted by atomic mass is 32.2. The third kappa shape index (κ3) is 8.69. The van der Waals surface area contributed by atoms with Crippen LogP contribution in [0, 0.1) is 0 Å². The van der Waals surface area contributed by atoms with Crippen molar-refractivity contribution in [1.29, 1.82) is 0 Å². The Hall–Kier alpha value is -9.35. The van der Waals surface area contributed by atoms with Crippen LogP contribution in [0.2, 0.25) is 0 Å². The lowest BCUT2D eigenvalue weighted by Crippen LogP contribution is -2.65. The molecule has 4 heteroatoms. The minimum Gasteiger partial charge on any atom is -0.310 e. The predicted octanol–water partition coefficient (Wildman–Crippen LogP) is 20.8. The number of rotatable bonds is 6. The van der Waals surface area contributed by atoms with Crippen LogP contribution in [0.25, 0.3) is 72.0 Å². The first-order valence-electron chi connectivity index (χ1n) is 35.9. The molecule has 0 atom stereocenters. The smallest absolute Gasteiger partial charge is 0.247 e. The number of hydrogen-bond donors (Lipinski definition) is 0. The summed E-state index contributed by atoms with van der Waals surface area (Å²) in [7, 11) is 0. The third-order valence-corrected chi connectivity index (χ3v) is 20.1. The van der Waals surface area contributed by atoms with Gasteiger partial charge in [-0.05, 0) is 166 Å². The Labute approximate surface area is 543 Å². The van der Waals surface area contributed by atoms with Crippen molar-refractivity contribution in [3.05, 3.63) is 306 Å². The van der Waals surface area contributed by atoms with E-state index in [1.165, 1.54) is 11.1 Å². The molecule has 0 unspecified atom stereocenters. The van der Waals surface area contributed by atoms with Gasteiger partial charge < -0.3 is 9.47 Å². The Kier molecular flexibility index (Phi) is 10.3. The van der Waals surface area contributed by atoms with Crippen LogP contribution in [0.1, 0.15) is 115 Å². The first-order chi connectivity index (χ1) is 47.2. The molecule has 0 aliphatic carbocycles. The minimum atomic E-state index is -1.10. The number of nitrogens with zero attached hydrogens (tertiary/aromatic N) is 2. The quantitative estimate of drug-likeness (QED) is 0.153. The summed E-state index contributed by atoms with van der Waals surface area (Å²) in [5, 5.41) is 2.25. The van der Waals surface area contributed by atoms with Gasteiger partial charge in [-0.3, -0.25) is 0 Å². The first kappa shape index (κ1) is 45.0. The summed E-state index contributed by atoms with van der Waals surface area (Å²) >= 11 is 1.74. The molecule has 4 heterocycles. The average Bonchev–Trinajstić information content (AvgIpc) is 0.801. The summed E-state index contributed by atoms with van der Waals surface area (Å²) in [6.07, 6.45) is 0. The van der Waals surface area contributed by atoms with Gasteiger partial charge in [-0.15, -0.1) is 0 Å². The molecule has 89 heavy (non-hydrogen) atoms. The summed E-state index contributed by atoms with van der Waals surface area (Å²) in [6, 6.07) is 70.0. The molecule has 1 spiro atoms. The average molecular weight is 1170 g/mol. The largest absolute Gasteiger partial charge is 0.310 e. The van der Waals surface area contributed by atoms with Crippen molar-refractivity contribution in [1.82, 2.24) is 4.57 Å². The zero-order valence-corrected chi connectivity index (χ0v) is 52.3. The standard InChI is InChI=1S/C85H71BN2S/c1-82(2,3)60-40-44-74-66(48-60)67-49-61(83(4,5)6)41-45-75(67)87(74)63-52-71-80-77(53-63)88(81-64(56-30-18-12-19-31-56)50-62(84(7,8)9)51-65(81)57-32-20-13-21-33-57)76-47-59(55-28-16-11-17-29-55)39-43-72(76)86(80)73-46-58(54-26-14-10-15-27-54)38-42-68(73)85(71)69-34-22-24-36-78(69)89-79-37-25-23-35-70(79)85/h10-53H,1-9H3/i10D,11D,14D,15D,16D,17D,26D,27D,28D,29D. The Morgan fingerprint density at radius 3 is 1.40 bits per heavy atom. The summed E-state index contributed by atoms with van der Waals surface area (Å²) in [5.74, 6) is 0. The maximum atomic E-state index is 9.62. The third-order valence-electron chi connectivity index (χ3n) is 18.9. The fraction of sp³-hybridized carbons (Fsp3) is 0.153. The van der Waals surface area contributed by atoms with Crippen molar-refractivity contribution < 1.29 is 13.7 Å². The molecule has 12 aromatic carbocycles. The van der Waals surface area contributed by atoms with Crippen LogP contribution < -0.4 is 21.3 Å². The van der Waals surface area contributed by atoms with Gasteiger partial charge in [-0.25, -0.2) is 0 Å². The molecule has 0 amide bonds. The number of anilines is 3. The molecule has 3 aliphatic heterocycles. The maximum absolute atomic E-state index is 9.62. The van der Waals surface area contributed by atoms with Crippen LogP contribution in [-0.2, 0) is 21.7 Å². The molecular weight excluding hydrogens is 1090 g/mol. The van der Waals surface area contributed by atoms with Crippen LogP contribution in [-0.4, -0.2) is 11.3 Å². The highest BCUT2D eigenvalue weighted by molar-refractivity contribution is 7.99. The topological polar surface area (TPSA) is 8.17 Å². The number of benzene rings is 12. The van der Waals surface area contributed by atoms with Crippen molar-refractivity contribution >= 4 is 73.7 Å². The predicted molar refractivity (Wildman–Crippen MR) is 380 cm³/mol. The molecule has 0 saturated carbocycles. The zero-order chi connectivity index (χ0) is 69.4. The number of hydrogen-bond acceptors (Lipinski definition) is 2. The van der Waals surface area contributed by atoms with Crippen LogP contribution in [0.4, 0.5) is 17.1 Å². The summed E-state index contributed by atoms with van der Waals surface area (Å²) in [4.78, 5) is 4.56. The Balaban J connectivity index is 1.17. The second-order valence-electron chi connectivity index (χ2n) is 27.3. The van der Waals surface area contributed by atoms with Crippen molar-refractivity contribution in [2.24, 2.45) is 0 Å². The normalized spacial score (nSPS) is 15.5. The number of fused-ring (bicyclic) bond motifs is 13. The SMILES string of the molecule is [2H]c1c([2H])c([2H])c(-c2ccc3c(c2)B2c4ccc(-c5c([2H])c([2H])c([2H])c([2H])c5[2H])cc4N(c4c(-c5ccccc5)cc(C(C)(C)C)cc4-c4ccccc4)c4cc(-n5c6ccc(C(C)(C)C)cc6c6cc(C(C)(C)C)ccc65)cc(c42)C32c3ccccc3Sc3ccccc32)c([2H])c1[2H]. The Morgan fingerprint density at radius 1 is 0.382 bits per heavy atom. The molecule has 430 valence electrons. The van der Waals surface area contributed by atoms with E-state index < -0.39 is 48.4 Å². The Morgan fingerprint density at radius 2 is 0.876 bits per heavy atom. The van der Waals surface area contributed by atoms with Crippen LogP contribution in [0.5, 0.6) is 0 Å². The van der Waals surface area contributed by atoms with E-state index in [-0.39, 0.29) is 51.5 Å². The molecular formula is C85H71BN2S. The molecule has 0 fully saturated rings. The van der Waals surface area contributed by atoms with Gasteiger partial charge in [0.05, 0.1) is 35.8 Å². The minimum absolute atomic E-state index is 0.0626. The lowest BCUT2D eigenvalue weighted by Gasteiger charge is -2.51. The van der Waals surface area contributed by atoms with E-state index in [2.05, 4.69) is 248 Å². The van der Waals surface area contributed by atoms with Crippen molar-refractivity contribution in [3.63, 3.8) is 0 Å². The highest BCUT2D eigenvalue weighted by Crippen LogP contribution is 2.59. The first-order valence-corrected chi connectivity index (χ1v) is 31.7. The maximum Gasteiger partial charge on any atom is 0.247 e. The van der Waals surface area contributed by atoms with E-state index in [1.807, 2.05) is 30.3 Å². The van der Waals surface area contributed by atoms with Gasteiger partial charge in [0.25, 0.3) is 0 Å². The molecule has 16 rings (SSSR count). The lowest BCUT2D eigenvalue weighted by atomic mass is 9.29. The molecule has 13 aromatic rings. The summed E-state index contributed by atoms with van der Waals surface area (Å²) < 4.78 is 94.6. The Bertz CT molecular complexity index is 5390. The van der Waals surface area contributed by atoms with Gasteiger partial charge >= 0.3 is 0 Å². The highest BCUT2D eigenvalue weighted by Gasteiger charge is 2.55. The van der Waals surface area contributed by atoms with E-state index in [0.717, 1.165) is 115 Å². The van der Waals surface area contributed by atoms with E-state index in [9.17, 15) is 5.48 Å². The molecule has 0 saturated heterocycles. The molecule has 0 N–H and O–H groups in total. The van der Waals surface area contributed by atoms with E-state index >= 15 is 0 Å². The van der Waals surface area contributed by atoms with Gasteiger partial charge in [0, 0.05) is 48.8 Å². The van der Waals surface area contributed by atoms with Crippen LogP contribution in [0.15, 0.2) is 276 Å². The van der Waals surface area contributed by atoms with Gasteiger partial charge in [0.1, 0.15) is 0 Å². The van der Waals surface area contributed by atoms with E-state index in [1.54, 1.807) is 11.8 Å². The number of aromatic nitrogens is 1. The summed E-state index contributed by atoms with van der Waals surface area (Å²) in [5.41, 5.74) is 18.7. The monoisotopic (exact) mass is 1170 g/mol. The lowest BCUT2D eigenvalue weighted by molar-refractivity contribution is 0.590. The van der Waals surface area contributed by atoms with Gasteiger partial charge in [-0.1, -0.05) is 279 Å². The molecule has 0 radical (unpaired) electrons. The zero-order valence-electron chi connectivity index (χ0n) is 61.5. The van der Waals surface area contributed by atoms with Gasteiger partial charge in [0.15, 0.2) is 0 Å². The molecule has 1 aromatic heterocycles. The van der Waals surface area contributed by atoms with Gasteiger partial charge in [-0.2, -0.15) is 0 Å². The molecule has 2 nitrogen and oxygen atoms in total. The van der Waals surface area contributed by atoms with Gasteiger partial charge in [0.2, 0.25) is 6.71 Å². The summed E-state index contributed by atoms with van der Waals surface area (Å²) in [6.45, 7) is 19.6.